The number of anilines is 1. The van der Waals surface area contributed by atoms with Gasteiger partial charge in [-0.25, -0.2) is 19.2 Å². The third kappa shape index (κ3) is 5.05. The molecule has 1 aromatic carbocycles. The second kappa shape index (κ2) is 10.8. The van der Waals surface area contributed by atoms with E-state index in [1.54, 1.807) is 0 Å². The van der Waals surface area contributed by atoms with Crippen LogP contribution >= 0.6 is 0 Å². The van der Waals surface area contributed by atoms with Gasteiger partial charge in [0, 0.05) is 59.2 Å². The van der Waals surface area contributed by atoms with Gasteiger partial charge in [-0.3, -0.25) is 0 Å². The zero-order valence-corrected chi connectivity index (χ0v) is 26.9. The fourth-order valence-electron chi connectivity index (χ4n) is 7.79. The van der Waals surface area contributed by atoms with Gasteiger partial charge < -0.3 is 24.0 Å². The van der Waals surface area contributed by atoms with Crippen molar-refractivity contribution in [3.8, 4) is 28.1 Å². The van der Waals surface area contributed by atoms with Crippen molar-refractivity contribution in [1.82, 2.24) is 14.5 Å². The minimum absolute atomic E-state index is 0.292. The molecule has 2 aliphatic heterocycles. The van der Waals surface area contributed by atoms with Gasteiger partial charge in [-0.2, -0.15) is 0 Å². The molecule has 2 fully saturated rings. The third-order valence-electron chi connectivity index (χ3n) is 9.81. The van der Waals surface area contributed by atoms with Crippen molar-refractivity contribution in [3.63, 3.8) is 0 Å². The Morgan fingerprint density at radius 1 is 1.20 bits per heavy atom. The number of fused-ring (bicyclic) bond motifs is 4. The van der Waals surface area contributed by atoms with Crippen molar-refractivity contribution in [3.05, 3.63) is 58.7 Å². The molecule has 3 atom stereocenters. The summed E-state index contributed by atoms with van der Waals surface area (Å²) >= 11 is 0. The van der Waals surface area contributed by atoms with Crippen LogP contribution in [0.25, 0.3) is 33.4 Å². The van der Waals surface area contributed by atoms with E-state index in [4.69, 9.17) is 19.4 Å². The zero-order chi connectivity index (χ0) is 31.8. The molecular weight excluding hydrogens is 571 g/mol. The highest BCUT2D eigenvalue weighted by atomic mass is 19.1. The Kier molecular flexibility index (Phi) is 7.15. The van der Waals surface area contributed by atoms with E-state index in [1.165, 1.54) is 25.3 Å². The lowest BCUT2D eigenvalue weighted by Gasteiger charge is -2.29. The highest BCUT2D eigenvalue weighted by Crippen LogP contribution is 2.46. The van der Waals surface area contributed by atoms with Gasteiger partial charge >= 0.3 is 5.97 Å². The molecule has 0 amide bonds. The molecule has 1 N–H and O–H groups in total. The molecule has 5 heterocycles. The first-order valence-corrected chi connectivity index (χ1v) is 16.0. The van der Waals surface area contributed by atoms with Crippen LogP contribution in [0.1, 0.15) is 74.9 Å². The summed E-state index contributed by atoms with van der Waals surface area (Å²) in [5, 5.41) is 11.3. The van der Waals surface area contributed by atoms with E-state index in [-0.39, 0.29) is 0 Å². The number of piperidine rings is 1. The molecule has 45 heavy (non-hydrogen) atoms. The van der Waals surface area contributed by atoms with Crippen LogP contribution in [0.3, 0.4) is 0 Å². The van der Waals surface area contributed by atoms with Crippen molar-refractivity contribution < 1.29 is 23.8 Å². The van der Waals surface area contributed by atoms with E-state index in [0.717, 1.165) is 52.5 Å². The van der Waals surface area contributed by atoms with Crippen LogP contribution in [0, 0.1) is 25.6 Å². The van der Waals surface area contributed by atoms with Crippen molar-refractivity contribution in [2.75, 3.05) is 18.1 Å². The molecule has 1 saturated heterocycles. The summed E-state index contributed by atoms with van der Waals surface area (Å²) in [6, 6.07) is 8.24. The van der Waals surface area contributed by atoms with Crippen LogP contribution in [-0.4, -0.2) is 50.4 Å². The van der Waals surface area contributed by atoms with Gasteiger partial charge in [0.2, 0.25) is 0 Å². The van der Waals surface area contributed by atoms with Crippen LogP contribution in [0.15, 0.2) is 30.5 Å². The molecule has 2 bridgehead atoms. The van der Waals surface area contributed by atoms with Crippen LogP contribution in [0.4, 0.5) is 10.2 Å². The smallest absolute Gasteiger partial charge is 0.337 e. The lowest BCUT2D eigenvalue weighted by atomic mass is 9.86. The topological polar surface area (TPSA) is 89.7 Å². The Morgan fingerprint density at radius 3 is 2.69 bits per heavy atom. The van der Waals surface area contributed by atoms with Crippen molar-refractivity contribution in [1.29, 1.82) is 0 Å². The molecule has 8 nitrogen and oxygen atoms in total. The SMILES string of the molecule is Cc1nc2c(cc(-c3ccnc(N4C[C@H]5CC[C@@H]4C5)c3)n2C)c(-c2cc(F)c3c(c2C)CCCO3)c1[C@H](OC(C)(C)C)C(=O)O. The van der Waals surface area contributed by atoms with Gasteiger partial charge in [0.05, 0.1) is 17.9 Å². The molecule has 0 unspecified atom stereocenters. The molecule has 4 aromatic rings. The van der Waals surface area contributed by atoms with E-state index < -0.39 is 23.5 Å². The number of rotatable bonds is 6. The number of benzene rings is 1. The Balaban J connectivity index is 1.48. The number of carboxylic acid groups (broad SMARTS) is 1. The number of halogens is 1. The molecular formula is C36H41FN4O4. The molecule has 1 aliphatic carbocycles. The molecule has 7 rings (SSSR count). The Bertz CT molecular complexity index is 1840. The van der Waals surface area contributed by atoms with E-state index in [9.17, 15) is 9.90 Å². The van der Waals surface area contributed by atoms with E-state index in [1.807, 2.05) is 58.5 Å². The van der Waals surface area contributed by atoms with Gasteiger partial charge in [0.15, 0.2) is 17.7 Å². The standard InChI is InChI=1S/C36H41FN4O4/c1-19-24-8-7-13-44-32(24)27(37)16-25(19)31-26-17-28(22-11-12-38-29(15-22)41-18-21-9-10-23(41)14-21)40(6)34(26)39-20(2)30(31)33(35(42)43)45-36(3,4)5/h11-12,15-17,21,23,33H,7-10,13-14,18H2,1-6H3,(H,42,43)/t21-,23+,33-/m0/s1. The number of pyridine rings is 2. The van der Waals surface area contributed by atoms with Gasteiger partial charge in [-0.1, -0.05) is 0 Å². The Hall–Kier alpha value is -3.98. The van der Waals surface area contributed by atoms with Crippen LogP contribution < -0.4 is 9.64 Å². The predicted octanol–water partition coefficient (Wildman–Crippen LogP) is 7.31. The highest BCUT2D eigenvalue weighted by Gasteiger charge is 2.39. The predicted molar refractivity (Wildman–Crippen MR) is 172 cm³/mol. The highest BCUT2D eigenvalue weighted by molar-refractivity contribution is 6.01. The molecule has 3 aromatic heterocycles. The third-order valence-corrected chi connectivity index (χ3v) is 9.81. The van der Waals surface area contributed by atoms with Crippen LogP contribution in [0.2, 0.25) is 0 Å². The maximum absolute atomic E-state index is 15.8. The van der Waals surface area contributed by atoms with Gasteiger partial charge in [0.25, 0.3) is 0 Å². The molecule has 0 radical (unpaired) electrons. The maximum atomic E-state index is 15.8. The largest absolute Gasteiger partial charge is 0.490 e. The lowest BCUT2D eigenvalue weighted by Crippen LogP contribution is -2.32. The van der Waals surface area contributed by atoms with Crippen molar-refractivity contribution in [2.24, 2.45) is 13.0 Å². The molecule has 9 heteroatoms. The Labute approximate surface area is 263 Å². The number of aliphatic carboxylic acids is 1. The van der Waals surface area contributed by atoms with E-state index in [2.05, 4.69) is 17.0 Å². The number of carboxylic acids is 1. The quantitative estimate of drug-likeness (QED) is 0.244. The first-order chi connectivity index (χ1) is 21.4. The monoisotopic (exact) mass is 612 g/mol. The zero-order valence-electron chi connectivity index (χ0n) is 26.9. The second-order valence-electron chi connectivity index (χ2n) is 13.9. The van der Waals surface area contributed by atoms with Gasteiger partial charge in [-0.05, 0) is 108 Å². The van der Waals surface area contributed by atoms with Crippen molar-refractivity contribution >= 4 is 22.8 Å². The molecule has 0 spiro atoms. The van der Waals surface area contributed by atoms with Crippen molar-refractivity contribution in [2.45, 2.75) is 84.5 Å². The van der Waals surface area contributed by atoms with Crippen LogP contribution in [-0.2, 0) is 23.0 Å². The lowest BCUT2D eigenvalue weighted by molar-refractivity contribution is -0.160. The van der Waals surface area contributed by atoms with Crippen LogP contribution in [0.5, 0.6) is 5.75 Å². The summed E-state index contributed by atoms with van der Waals surface area (Å²) in [4.78, 5) is 25.1. The normalized spacial score (nSPS) is 20.0. The summed E-state index contributed by atoms with van der Waals surface area (Å²) in [5.41, 5.74) is 5.78. The first-order valence-electron chi connectivity index (χ1n) is 16.0. The van der Waals surface area contributed by atoms with Gasteiger partial charge in [0.1, 0.15) is 11.5 Å². The fourth-order valence-corrected chi connectivity index (χ4v) is 7.79. The maximum Gasteiger partial charge on any atom is 0.337 e. The minimum Gasteiger partial charge on any atom is -0.490 e. The number of aromatic nitrogens is 3. The van der Waals surface area contributed by atoms with E-state index in [0.29, 0.717) is 52.9 Å². The molecule has 1 saturated carbocycles. The average Bonchev–Trinajstić information content (AvgIpc) is 3.72. The number of nitrogens with zero attached hydrogens (tertiary/aromatic N) is 4. The Morgan fingerprint density at radius 2 is 2.00 bits per heavy atom. The van der Waals surface area contributed by atoms with E-state index >= 15 is 4.39 Å². The summed E-state index contributed by atoms with van der Waals surface area (Å²) in [7, 11) is 1.97. The molecule has 3 aliphatic rings. The summed E-state index contributed by atoms with van der Waals surface area (Å²) < 4.78 is 29.8. The number of carbonyl (C=O) groups is 1. The van der Waals surface area contributed by atoms with Gasteiger partial charge in [-0.15, -0.1) is 0 Å². The second-order valence-corrected chi connectivity index (χ2v) is 13.9. The first kappa shape index (κ1) is 29.7. The number of hydrogen-bond donors (Lipinski definition) is 1. The fraction of sp³-hybridized carbons (Fsp3) is 0.472. The number of aryl methyl sites for hydroxylation is 2. The number of ether oxygens (including phenoxy) is 2. The average molecular weight is 613 g/mol. The molecule has 236 valence electrons. The minimum atomic E-state index is -1.31. The summed E-state index contributed by atoms with van der Waals surface area (Å²) in [5.74, 6) is 0.448. The summed E-state index contributed by atoms with van der Waals surface area (Å²) in [6.07, 6.45) is 5.77. The summed E-state index contributed by atoms with van der Waals surface area (Å²) in [6.45, 7) is 10.8. The number of hydrogen-bond acceptors (Lipinski definition) is 6.